The van der Waals surface area contributed by atoms with E-state index in [1.807, 2.05) is 37.4 Å². The molecule has 1 atom stereocenters. The van der Waals surface area contributed by atoms with E-state index < -0.39 is 0 Å². The fourth-order valence-corrected chi connectivity index (χ4v) is 2.87. The van der Waals surface area contributed by atoms with Crippen LogP contribution in [0.2, 0.25) is 5.02 Å². The number of aryl methyl sites for hydroxylation is 1. The molecule has 0 unspecified atom stereocenters. The predicted molar refractivity (Wildman–Crippen MR) is 90.6 cm³/mol. The zero-order valence-electron chi connectivity index (χ0n) is 13.0. The number of carbonyl (C=O) groups is 1. The topological polar surface area (TPSA) is 62.2 Å². The molecule has 1 aromatic carbocycles. The third-order valence-electron chi connectivity index (χ3n) is 4.07. The van der Waals surface area contributed by atoms with Crippen LogP contribution in [0.5, 0.6) is 0 Å². The van der Waals surface area contributed by atoms with Crippen molar-refractivity contribution in [2.75, 3.05) is 18.0 Å². The molecule has 0 spiro atoms. The van der Waals surface area contributed by atoms with Gasteiger partial charge in [0.2, 0.25) is 0 Å². The summed E-state index contributed by atoms with van der Waals surface area (Å²) >= 11 is 5.91. The van der Waals surface area contributed by atoms with Crippen LogP contribution in [-0.4, -0.2) is 34.9 Å². The van der Waals surface area contributed by atoms with Gasteiger partial charge in [0.05, 0.1) is 12.2 Å². The molecule has 2 amide bonds. The Morgan fingerprint density at radius 2 is 2.13 bits per heavy atom. The van der Waals surface area contributed by atoms with Crippen molar-refractivity contribution in [2.45, 2.75) is 19.0 Å². The summed E-state index contributed by atoms with van der Waals surface area (Å²) in [5, 5.41) is 10.7. The van der Waals surface area contributed by atoms with Gasteiger partial charge in [-0.3, -0.25) is 4.68 Å². The van der Waals surface area contributed by atoms with Gasteiger partial charge in [-0.05, 0) is 36.8 Å². The van der Waals surface area contributed by atoms with E-state index in [1.165, 1.54) is 0 Å². The van der Waals surface area contributed by atoms with Crippen LogP contribution in [0.15, 0.2) is 36.5 Å². The molecular weight excluding hydrogens is 314 g/mol. The van der Waals surface area contributed by atoms with Crippen LogP contribution in [-0.2, 0) is 13.6 Å². The van der Waals surface area contributed by atoms with Crippen molar-refractivity contribution >= 4 is 23.3 Å². The molecule has 1 aromatic heterocycles. The number of urea groups is 1. The van der Waals surface area contributed by atoms with Crippen LogP contribution in [0, 0.1) is 0 Å². The number of anilines is 1. The highest BCUT2D eigenvalue weighted by atomic mass is 35.5. The van der Waals surface area contributed by atoms with Gasteiger partial charge in [0.15, 0.2) is 0 Å². The molecule has 2 heterocycles. The van der Waals surface area contributed by atoms with Gasteiger partial charge in [0.1, 0.15) is 0 Å². The first kappa shape index (κ1) is 15.7. The van der Waals surface area contributed by atoms with Crippen LogP contribution in [0.1, 0.15) is 12.1 Å². The minimum atomic E-state index is -0.144. The Morgan fingerprint density at radius 1 is 1.35 bits per heavy atom. The van der Waals surface area contributed by atoms with Crippen LogP contribution in [0.25, 0.3) is 0 Å². The number of benzene rings is 1. The van der Waals surface area contributed by atoms with E-state index >= 15 is 0 Å². The minimum absolute atomic E-state index is 0.144. The smallest absolute Gasteiger partial charge is 0.315 e. The van der Waals surface area contributed by atoms with E-state index in [1.54, 1.807) is 10.9 Å². The van der Waals surface area contributed by atoms with Crippen molar-refractivity contribution in [1.29, 1.82) is 0 Å². The molecule has 2 N–H and O–H groups in total. The van der Waals surface area contributed by atoms with Crippen molar-refractivity contribution in [1.82, 2.24) is 20.4 Å². The lowest BCUT2D eigenvalue weighted by Gasteiger charge is -2.19. The predicted octanol–water partition coefficient (Wildman–Crippen LogP) is 2.15. The van der Waals surface area contributed by atoms with Gasteiger partial charge < -0.3 is 15.5 Å². The zero-order chi connectivity index (χ0) is 16.2. The largest absolute Gasteiger partial charge is 0.369 e. The van der Waals surface area contributed by atoms with Crippen molar-refractivity contribution < 1.29 is 4.79 Å². The number of nitrogens with zero attached hydrogens (tertiary/aromatic N) is 3. The zero-order valence-corrected chi connectivity index (χ0v) is 13.8. The second-order valence-electron chi connectivity index (χ2n) is 5.68. The van der Waals surface area contributed by atoms with Crippen molar-refractivity contribution in [2.24, 2.45) is 7.05 Å². The molecule has 1 aliphatic heterocycles. The Bertz CT molecular complexity index is 669. The van der Waals surface area contributed by atoms with E-state index in [2.05, 4.69) is 20.6 Å². The van der Waals surface area contributed by atoms with Gasteiger partial charge in [-0.15, -0.1) is 0 Å². The lowest BCUT2D eigenvalue weighted by atomic mass is 10.3. The Hall–Kier alpha value is -2.21. The molecule has 23 heavy (non-hydrogen) atoms. The minimum Gasteiger partial charge on any atom is -0.369 e. The first-order valence-electron chi connectivity index (χ1n) is 7.63. The number of hydrogen-bond acceptors (Lipinski definition) is 3. The molecular formula is C16H20ClN5O. The number of rotatable bonds is 4. The SMILES string of the molecule is Cn1nccc1CNC(=O)N[C@@H]1CCN(c2ccc(Cl)cc2)C1. The third-order valence-corrected chi connectivity index (χ3v) is 4.32. The summed E-state index contributed by atoms with van der Waals surface area (Å²) in [5.74, 6) is 0. The fourth-order valence-electron chi connectivity index (χ4n) is 2.75. The maximum absolute atomic E-state index is 12.0. The molecule has 7 heteroatoms. The van der Waals surface area contributed by atoms with Crippen LogP contribution in [0.3, 0.4) is 0 Å². The van der Waals surface area contributed by atoms with Crippen LogP contribution < -0.4 is 15.5 Å². The number of halogens is 1. The maximum Gasteiger partial charge on any atom is 0.315 e. The Kier molecular flexibility index (Phi) is 4.71. The van der Waals surface area contributed by atoms with Gasteiger partial charge in [-0.1, -0.05) is 11.6 Å². The Labute approximate surface area is 140 Å². The first-order chi connectivity index (χ1) is 11.1. The monoisotopic (exact) mass is 333 g/mol. The standard InChI is InChI=1S/C16H20ClN5O/c1-21-15(6-8-19-21)10-18-16(23)20-13-7-9-22(11-13)14-4-2-12(17)3-5-14/h2-6,8,13H,7,9-11H2,1H3,(H2,18,20,23)/t13-/m1/s1. The van der Waals surface area contributed by atoms with Gasteiger partial charge in [-0.25, -0.2) is 4.79 Å². The molecule has 0 saturated carbocycles. The summed E-state index contributed by atoms with van der Waals surface area (Å²) in [6, 6.07) is 9.68. The number of carbonyl (C=O) groups excluding carboxylic acids is 1. The summed E-state index contributed by atoms with van der Waals surface area (Å²) in [6.07, 6.45) is 2.65. The summed E-state index contributed by atoms with van der Waals surface area (Å²) in [6.45, 7) is 2.20. The maximum atomic E-state index is 12.0. The van der Waals surface area contributed by atoms with Crippen molar-refractivity contribution in [3.8, 4) is 0 Å². The highest BCUT2D eigenvalue weighted by molar-refractivity contribution is 6.30. The number of aromatic nitrogens is 2. The van der Waals surface area contributed by atoms with E-state index in [0.717, 1.165) is 35.9 Å². The molecule has 6 nitrogen and oxygen atoms in total. The Balaban J connectivity index is 1.47. The van der Waals surface area contributed by atoms with Crippen molar-refractivity contribution in [3.05, 3.63) is 47.2 Å². The molecule has 1 fully saturated rings. The van der Waals surface area contributed by atoms with Gasteiger partial charge in [-0.2, -0.15) is 5.10 Å². The number of amides is 2. The van der Waals surface area contributed by atoms with Gasteiger partial charge in [0.25, 0.3) is 0 Å². The second-order valence-corrected chi connectivity index (χ2v) is 6.12. The summed E-state index contributed by atoms with van der Waals surface area (Å²) < 4.78 is 1.75. The average Bonchev–Trinajstić information content (AvgIpc) is 3.15. The van der Waals surface area contributed by atoms with E-state index in [9.17, 15) is 4.79 Å². The lowest BCUT2D eigenvalue weighted by Crippen LogP contribution is -2.43. The van der Waals surface area contributed by atoms with Crippen LogP contribution in [0.4, 0.5) is 10.5 Å². The molecule has 2 aromatic rings. The second kappa shape index (κ2) is 6.91. The van der Waals surface area contributed by atoms with E-state index in [-0.39, 0.29) is 12.1 Å². The number of hydrogen-bond donors (Lipinski definition) is 2. The molecule has 122 valence electrons. The van der Waals surface area contributed by atoms with E-state index in [4.69, 9.17) is 11.6 Å². The summed E-state index contributed by atoms with van der Waals surface area (Å²) in [5.41, 5.74) is 2.10. The third kappa shape index (κ3) is 3.96. The molecule has 0 aliphatic carbocycles. The molecule has 1 saturated heterocycles. The highest BCUT2D eigenvalue weighted by Gasteiger charge is 2.24. The normalized spacial score (nSPS) is 17.3. The number of nitrogens with one attached hydrogen (secondary N) is 2. The average molecular weight is 334 g/mol. The lowest BCUT2D eigenvalue weighted by molar-refractivity contribution is 0.237. The quantitative estimate of drug-likeness (QED) is 0.901. The Morgan fingerprint density at radius 3 is 2.83 bits per heavy atom. The van der Waals surface area contributed by atoms with Crippen LogP contribution >= 0.6 is 11.6 Å². The summed E-state index contributed by atoms with van der Waals surface area (Å²) in [7, 11) is 1.86. The molecule has 0 bridgehead atoms. The van der Waals surface area contributed by atoms with Gasteiger partial charge >= 0.3 is 6.03 Å². The molecule has 0 radical (unpaired) electrons. The molecule has 1 aliphatic rings. The fraction of sp³-hybridized carbons (Fsp3) is 0.375. The first-order valence-corrected chi connectivity index (χ1v) is 8.01. The van der Waals surface area contributed by atoms with Crippen molar-refractivity contribution in [3.63, 3.8) is 0 Å². The summed E-state index contributed by atoms with van der Waals surface area (Å²) in [4.78, 5) is 14.3. The van der Waals surface area contributed by atoms with Gasteiger partial charge in [0, 0.05) is 43.1 Å². The highest BCUT2D eigenvalue weighted by Crippen LogP contribution is 2.22. The molecule has 3 rings (SSSR count). The van der Waals surface area contributed by atoms with E-state index in [0.29, 0.717) is 6.54 Å².